The summed E-state index contributed by atoms with van der Waals surface area (Å²) < 4.78 is 4.84. The first-order valence-electron chi connectivity index (χ1n) is 5.50. The van der Waals surface area contributed by atoms with Crippen LogP contribution in [0.1, 0.15) is 27.5 Å². The summed E-state index contributed by atoms with van der Waals surface area (Å²) in [5.74, 6) is -0.321. The molecule has 2 aromatic rings. The number of amides is 1. The molecular formula is C14H12N2O2. The number of carbonyl (C=O) groups excluding carboxylic acids is 1. The molecule has 18 heavy (non-hydrogen) atoms. The lowest BCUT2D eigenvalue weighted by Crippen LogP contribution is -2.27. The van der Waals surface area contributed by atoms with Crippen LogP contribution in [-0.2, 0) is 0 Å². The standard InChI is InChI=1S/C14H12N2O2/c1-10-4-2-3-5-12(10)13(8-15)16-14(17)11-6-7-18-9-11/h2-7,9,13H,1H3,(H,16,17)/t13-/m1/s1. The van der Waals surface area contributed by atoms with Crippen molar-refractivity contribution in [3.8, 4) is 6.07 Å². The molecule has 1 heterocycles. The second kappa shape index (κ2) is 5.19. The van der Waals surface area contributed by atoms with Crippen molar-refractivity contribution in [1.29, 1.82) is 5.26 Å². The summed E-state index contributed by atoms with van der Waals surface area (Å²) in [6.07, 6.45) is 2.77. The lowest BCUT2D eigenvalue weighted by atomic mass is 10.0. The highest BCUT2D eigenvalue weighted by Gasteiger charge is 2.16. The van der Waals surface area contributed by atoms with Crippen molar-refractivity contribution in [2.45, 2.75) is 13.0 Å². The molecule has 0 saturated heterocycles. The predicted molar refractivity (Wildman–Crippen MR) is 65.7 cm³/mol. The average molecular weight is 240 g/mol. The van der Waals surface area contributed by atoms with Crippen LogP contribution >= 0.6 is 0 Å². The Labute approximate surface area is 105 Å². The molecule has 90 valence electrons. The molecule has 1 atom stereocenters. The van der Waals surface area contributed by atoms with E-state index in [4.69, 9.17) is 9.68 Å². The third kappa shape index (κ3) is 2.41. The Balaban J connectivity index is 2.19. The van der Waals surface area contributed by atoms with Gasteiger partial charge in [0.1, 0.15) is 12.3 Å². The van der Waals surface area contributed by atoms with Gasteiger partial charge in [0, 0.05) is 0 Å². The predicted octanol–water partition coefficient (Wildman–Crippen LogP) is 2.58. The van der Waals surface area contributed by atoms with Gasteiger partial charge in [-0.1, -0.05) is 24.3 Å². The SMILES string of the molecule is Cc1ccccc1[C@@H](C#N)NC(=O)c1ccoc1. The van der Waals surface area contributed by atoms with Crippen LogP contribution in [0.15, 0.2) is 47.3 Å². The highest BCUT2D eigenvalue weighted by atomic mass is 16.3. The number of hydrogen-bond acceptors (Lipinski definition) is 3. The van der Waals surface area contributed by atoms with E-state index in [1.807, 2.05) is 31.2 Å². The second-order valence-electron chi connectivity index (χ2n) is 3.90. The minimum absolute atomic E-state index is 0.321. The molecule has 0 spiro atoms. The fourth-order valence-electron chi connectivity index (χ4n) is 1.70. The summed E-state index contributed by atoms with van der Waals surface area (Å²) in [4.78, 5) is 11.8. The number of nitrogens with zero attached hydrogens (tertiary/aromatic N) is 1. The average Bonchev–Trinajstić information content (AvgIpc) is 2.90. The number of nitriles is 1. The second-order valence-corrected chi connectivity index (χ2v) is 3.90. The van der Waals surface area contributed by atoms with Gasteiger partial charge in [-0.05, 0) is 24.1 Å². The van der Waals surface area contributed by atoms with E-state index in [0.29, 0.717) is 5.56 Å². The Hall–Kier alpha value is -2.54. The molecule has 1 N–H and O–H groups in total. The Morgan fingerprint density at radius 3 is 2.78 bits per heavy atom. The van der Waals surface area contributed by atoms with E-state index < -0.39 is 6.04 Å². The molecular weight excluding hydrogens is 228 g/mol. The summed E-state index contributed by atoms with van der Waals surface area (Å²) in [7, 11) is 0. The Morgan fingerprint density at radius 2 is 2.17 bits per heavy atom. The lowest BCUT2D eigenvalue weighted by molar-refractivity contribution is 0.0944. The van der Waals surface area contributed by atoms with Crippen LogP contribution < -0.4 is 5.32 Å². The van der Waals surface area contributed by atoms with E-state index in [9.17, 15) is 4.79 Å². The van der Waals surface area contributed by atoms with Crippen LogP contribution in [0.5, 0.6) is 0 Å². The molecule has 1 aromatic carbocycles. The number of nitrogens with one attached hydrogen (secondary N) is 1. The van der Waals surface area contributed by atoms with Crippen LogP contribution in [-0.4, -0.2) is 5.91 Å². The van der Waals surface area contributed by atoms with Crippen LogP contribution in [0.25, 0.3) is 0 Å². The van der Waals surface area contributed by atoms with Gasteiger partial charge in [-0.2, -0.15) is 5.26 Å². The van der Waals surface area contributed by atoms with Crippen LogP contribution in [0, 0.1) is 18.3 Å². The highest BCUT2D eigenvalue weighted by Crippen LogP contribution is 2.17. The normalized spacial score (nSPS) is 11.6. The maximum Gasteiger partial charge on any atom is 0.255 e. The van der Waals surface area contributed by atoms with Crippen LogP contribution in [0.2, 0.25) is 0 Å². The largest absolute Gasteiger partial charge is 0.472 e. The fraction of sp³-hybridized carbons (Fsp3) is 0.143. The van der Waals surface area contributed by atoms with Gasteiger partial charge < -0.3 is 9.73 Å². The van der Waals surface area contributed by atoms with E-state index in [0.717, 1.165) is 11.1 Å². The Bertz CT molecular complexity index is 582. The summed E-state index contributed by atoms with van der Waals surface area (Å²) >= 11 is 0. The molecule has 4 nitrogen and oxygen atoms in total. The van der Waals surface area contributed by atoms with Crippen molar-refractivity contribution in [2.24, 2.45) is 0 Å². The van der Waals surface area contributed by atoms with E-state index in [-0.39, 0.29) is 5.91 Å². The summed E-state index contributed by atoms with van der Waals surface area (Å²) in [5.41, 5.74) is 2.18. The lowest BCUT2D eigenvalue weighted by Gasteiger charge is -2.13. The van der Waals surface area contributed by atoms with Crippen molar-refractivity contribution >= 4 is 5.91 Å². The van der Waals surface area contributed by atoms with E-state index in [1.54, 1.807) is 6.07 Å². The van der Waals surface area contributed by atoms with E-state index >= 15 is 0 Å². The Kier molecular flexibility index (Phi) is 3.44. The zero-order valence-corrected chi connectivity index (χ0v) is 9.88. The van der Waals surface area contributed by atoms with Gasteiger partial charge >= 0.3 is 0 Å². The molecule has 0 radical (unpaired) electrons. The van der Waals surface area contributed by atoms with Crippen molar-refractivity contribution in [2.75, 3.05) is 0 Å². The number of hydrogen-bond donors (Lipinski definition) is 1. The zero-order chi connectivity index (χ0) is 13.0. The first-order valence-corrected chi connectivity index (χ1v) is 5.50. The summed E-state index contributed by atoms with van der Waals surface area (Å²) in [6, 6.07) is 10.5. The molecule has 0 aliphatic carbocycles. The third-order valence-corrected chi connectivity index (χ3v) is 2.69. The van der Waals surface area contributed by atoms with Crippen LogP contribution in [0.3, 0.4) is 0 Å². The Morgan fingerprint density at radius 1 is 1.39 bits per heavy atom. The first kappa shape index (κ1) is 11.9. The topological polar surface area (TPSA) is 66.0 Å². The van der Waals surface area contributed by atoms with E-state index in [2.05, 4.69) is 11.4 Å². The third-order valence-electron chi connectivity index (χ3n) is 2.69. The number of rotatable bonds is 3. The molecule has 0 aliphatic heterocycles. The zero-order valence-electron chi connectivity index (χ0n) is 9.88. The number of carbonyl (C=O) groups is 1. The van der Waals surface area contributed by atoms with Crippen molar-refractivity contribution in [3.63, 3.8) is 0 Å². The first-order chi connectivity index (χ1) is 8.72. The smallest absolute Gasteiger partial charge is 0.255 e. The van der Waals surface area contributed by atoms with Gasteiger partial charge in [0.25, 0.3) is 5.91 Å². The maximum absolute atomic E-state index is 11.8. The number of furan rings is 1. The maximum atomic E-state index is 11.8. The quantitative estimate of drug-likeness (QED) is 0.896. The minimum Gasteiger partial charge on any atom is -0.472 e. The van der Waals surface area contributed by atoms with Gasteiger partial charge in [-0.25, -0.2) is 0 Å². The molecule has 0 bridgehead atoms. The molecule has 4 heteroatoms. The molecule has 1 aromatic heterocycles. The van der Waals surface area contributed by atoms with Gasteiger partial charge in [0.2, 0.25) is 0 Å². The molecule has 0 saturated carbocycles. The number of aryl methyl sites for hydroxylation is 1. The van der Waals surface area contributed by atoms with Gasteiger partial charge in [0.05, 0.1) is 17.9 Å². The monoisotopic (exact) mass is 240 g/mol. The van der Waals surface area contributed by atoms with Crippen LogP contribution in [0.4, 0.5) is 0 Å². The minimum atomic E-state index is -0.659. The molecule has 0 aliphatic rings. The van der Waals surface area contributed by atoms with Gasteiger partial charge in [-0.3, -0.25) is 4.79 Å². The van der Waals surface area contributed by atoms with Crippen molar-refractivity contribution < 1.29 is 9.21 Å². The highest BCUT2D eigenvalue weighted by molar-refractivity contribution is 5.94. The fourth-order valence-corrected chi connectivity index (χ4v) is 1.70. The van der Waals surface area contributed by atoms with E-state index in [1.165, 1.54) is 12.5 Å². The summed E-state index contributed by atoms with van der Waals surface area (Å²) in [6.45, 7) is 1.91. The summed E-state index contributed by atoms with van der Waals surface area (Å²) in [5, 5.41) is 11.8. The van der Waals surface area contributed by atoms with Crippen molar-refractivity contribution in [3.05, 3.63) is 59.5 Å². The van der Waals surface area contributed by atoms with Gasteiger partial charge in [-0.15, -0.1) is 0 Å². The molecule has 1 amide bonds. The number of benzene rings is 1. The molecule has 2 rings (SSSR count). The molecule has 0 unspecified atom stereocenters. The molecule has 0 fully saturated rings. The van der Waals surface area contributed by atoms with Gasteiger partial charge in [0.15, 0.2) is 0 Å². The van der Waals surface area contributed by atoms with Crippen molar-refractivity contribution in [1.82, 2.24) is 5.32 Å².